The van der Waals surface area contributed by atoms with Crippen LogP contribution < -0.4 is 5.32 Å². The molecule has 14 nitrogen and oxygen atoms in total. The van der Waals surface area contributed by atoms with Gasteiger partial charge in [-0.3, -0.25) is 24.0 Å². The Kier molecular flexibility index (Phi) is 17.3. The van der Waals surface area contributed by atoms with Crippen molar-refractivity contribution >= 4 is 52.7 Å². The van der Waals surface area contributed by atoms with Crippen LogP contribution in [0.3, 0.4) is 0 Å². The van der Waals surface area contributed by atoms with Crippen LogP contribution in [0.4, 0.5) is 9.59 Å². The zero-order valence-electron chi connectivity index (χ0n) is 32.1. The SMILES string of the molecule is C=CCN1CC(C(=O)O)CC1=O.C=CCN1C[C@@H](C(=O)N2C(=O)OC[C@@H]2Cc2ccccc2)CC1=O.CC(C)(C)C(=O)Cl.O=C1N[C@H](Cc2ccccc2)CO1. The molecule has 4 heterocycles. The maximum absolute atomic E-state index is 12.8. The van der Waals surface area contributed by atoms with E-state index in [1.165, 1.54) is 15.4 Å². The zero-order chi connectivity index (χ0) is 41.4. The first-order valence-corrected chi connectivity index (χ1v) is 18.6. The van der Waals surface area contributed by atoms with Crippen molar-refractivity contribution in [1.82, 2.24) is 20.0 Å². The van der Waals surface area contributed by atoms with E-state index >= 15 is 0 Å². The summed E-state index contributed by atoms with van der Waals surface area (Å²) in [5, 5.41) is 11.1. The Hall–Kier alpha value is -5.50. The van der Waals surface area contributed by atoms with Gasteiger partial charge in [0.05, 0.1) is 23.9 Å². The van der Waals surface area contributed by atoms with Crippen molar-refractivity contribution in [2.45, 2.75) is 58.5 Å². The summed E-state index contributed by atoms with van der Waals surface area (Å²) in [5.74, 6) is -2.42. The molecule has 0 bridgehead atoms. The van der Waals surface area contributed by atoms with Gasteiger partial charge in [0.2, 0.25) is 23.0 Å². The van der Waals surface area contributed by atoms with E-state index in [0.717, 1.165) is 12.0 Å². The quantitative estimate of drug-likeness (QED) is 0.249. The lowest BCUT2D eigenvalue weighted by Crippen LogP contribution is -2.44. The van der Waals surface area contributed by atoms with Crippen molar-refractivity contribution < 1.29 is 48.1 Å². The number of benzene rings is 2. The third kappa shape index (κ3) is 14.0. The number of alkyl carbamates (subject to hydrolysis) is 1. The van der Waals surface area contributed by atoms with E-state index in [0.29, 0.717) is 39.2 Å². The Balaban J connectivity index is 0.000000222. The highest BCUT2D eigenvalue weighted by atomic mass is 35.5. The lowest BCUT2D eigenvalue weighted by atomic mass is 10.00. The average Bonchev–Trinajstić information content (AvgIpc) is 3.93. The number of halogens is 1. The molecule has 4 fully saturated rings. The van der Waals surface area contributed by atoms with Crippen LogP contribution in [0, 0.1) is 17.3 Å². The molecule has 56 heavy (non-hydrogen) atoms. The van der Waals surface area contributed by atoms with Gasteiger partial charge in [-0.2, -0.15) is 0 Å². The highest BCUT2D eigenvalue weighted by Gasteiger charge is 2.44. The number of likely N-dealkylation sites (tertiary alicyclic amines) is 2. The van der Waals surface area contributed by atoms with Crippen molar-refractivity contribution in [3.8, 4) is 0 Å². The van der Waals surface area contributed by atoms with E-state index in [2.05, 4.69) is 18.5 Å². The van der Waals surface area contributed by atoms with Crippen molar-refractivity contribution in [2.75, 3.05) is 39.4 Å². The second-order valence-electron chi connectivity index (χ2n) is 14.6. The van der Waals surface area contributed by atoms with Crippen LogP contribution in [-0.4, -0.2) is 112 Å². The Labute approximate surface area is 332 Å². The smallest absolute Gasteiger partial charge is 0.416 e. The Morgan fingerprint density at radius 3 is 1.71 bits per heavy atom. The molecule has 2 aromatic rings. The summed E-state index contributed by atoms with van der Waals surface area (Å²) >= 11 is 5.11. The molecule has 5 amide bonds. The number of nitrogens with zero attached hydrogens (tertiary/aromatic N) is 3. The number of carboxylic acid groups (broad SMARTS) is 1. The van der Waals surface area contributed by atoms with Gasteiger partial charge in [0.25, 0.3) is 0 Å². The van der Waals surface area contributed by atoms with Crippen molar-refractivity contribution in [1.29, 1.82) is 0 Å². The molecule has 2 N–H and O–H groups in total. The average molecular weight is 795 g/mol. The number of nitrogens with one attached hydrogen (secondary N) is 1. The van der Waals surface area contributed by atoms with Crippen LogP contribution >= 0.6 is 11.6 Å². The molecule has 302 valence electrons. The second-order valence-corrected chi connectivity index (χ2v) is 14.9. The lowest BCUT2D eigenvalue weighted by molar-refractivity contribution is -0.141. The fourth-order valence-electron chi connectivity index (χ4n) is 5.94. The number of ether oxygens (including phenoxy) is 2. The van der Waals surface area contributed by atoms with E-state index in [1.807, 2.05) is 60.7 Å². The van der Waals surface area contributed by atoms with Gasteiger partial charge in [-0.25, -0.2) is 14.5 Å². The van der Waals surface area contributed by atoms with Gasteiger partial charge >= 0.3 is 18.2 Å². The molecular formula is C41H51ClN4O10. The van der Waals surface area contributed by atoms with Gasteiger partial charge in [-0.05, 0) is 35.6 Å². The predicted molar refractivity (Wildman–Crippen MR) is 208 cm³/mol. The molecule has 6 rings (SSSR count). The summed E-state index contributed by atoms with van der Waals surface area (Å²) in [6.07, 6.45) is 3.96. The number of hydrogen-bond acceptors (Lipinski definition) is 9. The van der Waals surface area contributed by atoms with Crippen molar-refractivity contribution in [2.24, 2.45) is 17.3 Å². The fourth-order valence-corrected chi connectivity index (χ4v) is 5.94. The summed E-state index contributed by atoms with van der Waals surface area (Å²) in [7, 11) is 0. The molecule has 15 heteroatoms. The summed E-state index contributed by atoms with van der Waals surface area (Å²) in [4.78, 5) is 83.6. The maximum atomic E-state index is 12.8. The summed E-state index contributed by atoms with van der Waals surface area (Å²) in [5.41, 5.74) is 1.88. The molecular weight excluding hydrogens is 744 g/mol. The number of amides is 5. The lowest BCUT2D eigenvalue weighted by Gasteiger charge is -2.22. The molecule has 4 aliphatic heterocycles. The van der Waals surface area contributed by atoms with E-state index in [4.69, 9.17) is 26.2 Å². The molecule has 0 spiro atoms. The number of cyclic esters (lactones) is 2. The Bertz CT molecular complexity index is 1720. The Morgan fingerprint density at radius 2 is 1.29 bits per heavy atom. The van der Waals surface area contributed by atoms with Crippen molar-refractivity contribution in [3.05, 3.63) is 97.1 Å². The summed E-state index contributed by atoms with van der Waals surface area (Å²) in [6, 6.07) is 19.5. The van der Waals surface area contributed by atoms with Gasteiger partial charge in [-0.1, -0.05) is 93.6 Å². The normalized spacial score (nSPS) is 21.2. The first-order chi connectivity index (χ1) is 26.5. The fraction of sp³-hybridized carbons (Fsp3) is 0.439. The first kappa shape index (κ1) is 44.9. The zero-order valence-corrected chi connectivity index (χ0v) is 32.8. The minimum atomic E-state index is -0.894. The Morgan fingerprint density at radius 1 is 0.804 bits per heavy atom. The molecule has 2 aromatic carbocycles. The highest BCUT2D eigenvalue weighted by molar-refractivity contribution is 6.64. The largest absolute Gasteiger partial charge is 0.481 e. The van der Waals surface area contributed by atoms with E-state index in [1.54, 1.807) is 37.8 Å². The van der Waals surface area contributed by atoms with Gasteiger partial charge < -0.3 is 29.7 Å². The number of aliphatic carboxylic acids is 1. The number of carbonyl (C=O) groups is 7. The van der Waals surface area contributed by atoms with Crippen LogP contribution in [0.2, 0.25) is 0 Å². The van der Waals surface area contributed by atoms with Gasteiger partial charge in [0.1, 0.15) is 13.2 Å². The third-order valence-electron chi connectivity index (χ3n) is 8.99. The number of hydrogen-bond donors (Lipinski definition) is 2. The van der Waals surface area contributed by atoms with Crippen LogP contribution in [-0.2, 0) is 46.3 Å². The summed E-state index contributed by atoms with van der Waals surface area (Å²) in [6.45, 7) is 14.6. The van der Waals surface area contributed by atoms with Crippen LogP contribution in [0.1, 0.15) is 44.7 Å². The van der Waals surface area contributed by atoms with Gasteiger partial charge in [0.15, 0.2) is 0 Å². The first-order valence-electron chi connectivity index (χ1n) is 18.2. The monoisotopic (exact) mass is 794 g/mol. The van der Waals surface area contributed by atoms with Crippen molar-refractivity contribution in [3.63, 3.8) is 0 Å². The summed E-state index contributed by atoms with van der Waals surface area (Å²) < 4.78 is 9.87. The molecule has 4 atom stereocenters. The van der Waals surface area contributed by atoms with Crippen LogP contribution in [0.5, 0.6) is 0 Å². The molecule has 0 radical (unpaired) electrons. The van der Waals surface area contributed by atoms with Crippen LogP contribution in [0.15, 0.2) is 86.0 Å². The maximum Gasteiger partial charge on any atom is 0.416 e. The third-order valence-corrected chi connectivity index (χ3v) is 9.56. The van der Waals surface area contributed by atoms with E-state index in [9.17, 15) is 33.6 Å². The van der Waals surface area contributed by atoms with Gasteiger partial charge in [-0.15, -0.1) is 13.2 Å². The van der Waals surface area contributed by atoms with E-state index in [-0.39, 0.29) is 66.0 Å². The molecule has 4 saturated heterocycles. The van der Waals surface area contributed by atoms with Crippen LogP contribution in [0.25, 0.3) is 0 Å². The van der Waals surface area contributed by atoms with Gasteiger partial charge in [0, 0.05) is 44.4 Å². The molecule has 0 saturated carbocycles. The second kappa shape index (κ2) is 21.6. The molecule has 0 aliphatic carbocycles. The highest BCUT2D eigenvalue weighted by Crippen LogP contribution is 2.25. The number of rotatable bonds is 10. The van der Waals surface area contributed by atoms with E-state index < -0.39 is 23.9 Å². The molecule has 0 aromatic heterocycles. The number of carbonyl (C=O) groups excluding carboxylic acids is 6. The standard InChI is InChI=1S/C18H20N2O4.C10H11NO2.C8H11NO3.C5H9ClO/c1-2-8-19-11-14(10-16(19)21)17(22)20-15(12-24-18(20)23)9-13-6-4-3-5-7-13;12-10-11-9(7-13-10)6-8-4-2-1-3-5-8;1-2-3-9-5-6(8(11)12)4-7(9)10;1-5(2,3)4(6)7/h2-7,14-15H,1,8-12H2;1-5,9H,6-7H2,(H,11,12);2,6H,1,3-5H2,(H,11,12);1-3H3/t14-,15-;9-;;/m01../s1. The predicted octanol–water partition coefficient (Wildman–Crippen LogP) is 4.85. The number of imide groups is 1. The minimum absolute atomic E-state index is 0.0829. The molecule has 1 unspecified atom stereocenters. The molecule has 4 aliphatic rings. The minimum Gasteiger partial charge on any atom is -0.481 e. The topological polar surface area (TPSA) is 180 Å². The number of carboxylic acids is 1.